The van der Waals surface area contributed by atoms with Crippen molar-refractivity contribution in [1.82, 2.24) is 10.2 Å². The lowest BCUT2D eigenvalue weighted by Gasteiger charge is -2.35. The van der Waals surface area contributed by atoms with E-state index < -0.39 is 22.4 Å². The largest absolute Gasteiger partial charge is 0.444 e. The van der Waals surface area contributed by atoms with Crippen LogP contribution >= 0.6 is 0 Å². The van der Waals surface area contributed by atoms with E-state index in [-0.39, 0.29) is 24.4 Å². The minimum absolute atomic E-state index is 0.0747. The Morgan fingerprint density at radius 2 is 1.95 bits per heavy atom. The summed E-state index contributed by atoms with van der Waals surface area (Å²) in [5.74, 6) is 0.203. The van der Waals surface area contributed by atoms with Crippen LogP contribution in [0.1, 0.15) is 33.6 Å². The Hall–Kier alpha value is -0.860. The summed E-state index contributed by atoms with van der Waals surface area (Å²) in [6, 6.07) is -0.358. The molecule has 0 aliphatic carbocycles. The van der Waals surface area contributed by atoms with Gasteiger partial charge in [-0.3, -0.25) is 4.90 Å². The molecule has 2 N–H and O–H groups in total. The number of carbonyl (C=O) groups is 1. The van der Waals surface area contributed by atoms with Gasteiger partial charge in [0.25, 0.3) is 0 Å². The van der Waals surface area contributed by atoms with Crippen molar-refractivity contribution < 1.29 is 23.1 Å². The molecule has 1 heterocycles. The van der Waals surface area contributed by atoms with E-state index >= 15 is 0 Å². The number of rotatable bonds is 5. The number of thiol groups is 1. The smallest absolute Gasteiger partial charge is 0.407 e. The van der Waals surface area contributed by atoms with Gasteiger partial charge in [0.05, 0.1) is 18.5 Å². The standard InChI is InChI=1S/C13H26N2O5S/c1-13(2,3)20-12(17)14-11(8-16)10-4-6-15(7-5-10)9-21(18)19/h10-11,16,21H,4-9H2,1-3H3,(H,14,17). The van der Waals surface area contributed by atoms with Crippen LogP contribution in [0.5, 0.6) is 0 Å². The first kappa shape index (κ1) is 18.2. The number of amides is 1. The first-order valence-corrected chi connectivity index (χ1v) is 8.52. The highest BCUT2D eigenvalue weighted by molar-refractivity contribution is 7.72. The van der Waals surface area contributed by atoms with E-state index in [1.807, 2.05) is 4.90 Å². The number of ether oxygens (including phenoxy) is 1. The third-order valence-corrected chi connectivity index (χ3v) is 4.05. The first-order valence-electron chi connectivity index (χ1n) is 7.16. The van der Waals surface area contributed by atoms with Gasteiger partial charge >= 0.3 is 6.09 Å². The second-order valence-electron chi connectivity index (χ2n) is 6.36. The number of aliphatic hydroxyl groups excluding tert-OH is 1. The molecule has 0 bridgehead atoms. The van der Waals surface area contributed by atoms with Gasteiger partial charge in [-0.15, -0.1) is 0 Å². The monoisotopic (exact) mass is 322 g/mol. The molecular weight excluding hydrogens is 296 g/mol. The lowest BCUT2D eigenvalue weighted by Crippen LogP contribution is -2.48. The second-order valence-corrected chi connectivity index (χ2v) is 7.31. The molecule has 0 radical (unpaired) electrons. The maximum atomic E-state index is 11.7. The number of alkyl carbamates (subject to hydrolysis) is 1. The van der Waals surface area contributed by atoms with Crippen molar-refractivity contribution in [2.75, 3.05) is 25.6 Å². The lowest BCUT2D eigenvalue weighted by molar-refractivity contribution is 0.0426. The van der Waals surface area contributed by atoms with Crippen molar-refractivity contribution in [1.29, 1.82) is 0 Å². The molecule has 1 fully saturated rings. The average Bonchev–Trinajstić information content (AvgIpc) is 2.34. The summed E-state index contributed by atoms with van der Waals surface area (Å²) < 4.78 is 26.6. The van der Waals surface area contributed by atoms with Crippen molar-refractivity contribution in [3.05, 3.63) is 0 Å². The van der Waals surface area contributed by atoms with Gasteiger partial charge in [-0.25, -0.2) is 13.2 Å². The van der Waals surface area contributed by atoms with E-state index in [9.17, 15) is 18.3 Å². The van der Waals surface area contributed by atoms with Crippen molar-refractivity contribution >= 4 is 16.8 Å². The van der Waals surface area contributed by atoms with E-state index in [0.29, 0.717) is 13.1 Å². The number of hydrogen-bond donors (Lipinski definition) is 3. The Balaban J connectivity index is 2.45. The number of nitrogens with one attached hydrogen (secondary N) is 1. The fourth-order valence-corrected chi connectivity index (χ4v) is 3.04. The summed E-state index contributed by atoms with van der Waals surface area (Å²) >= 11 is 0. The Morgan fingerprint density at radius 1 is 1.38 bits per heavy atom. The molecule has 1 atom stereocenters. The highest BCUT2D eigenvalue weighted by atomic mass is 32.2. The van der Waals surface area contributed by atoms with Crippen LogP contribution in [-0.4, -0.2) is 61.7 Å². The van der Waals surface area contributed by atoms with E-state index in [1.54, 1.807) is 20.8 Å². The van der Waals surface area contributed by atoms with Crippen LogP contribution in [-0.2, 0) is 15.4 Å². The molecule has 1 unspecified atom stereocenters. The Morgan fingerprint density at radius 3 is 2.38 bits per heavy atom. The Labute approximate surface area is 127 Å². The molecule has 0 spiro atoms. The van der Waals surface area contributed by atoms with Gasteiger partial charge in [0, 0.05) is 0 Å². The fourth-order valence-electron chi connectivity index (χ4n) is 2.43. The molecular formula is C13H26N2O5S. The zero-order valence-corrected chi connectivity index (χ0v) is 13.8. The zero-order valence-electron chi connectivity index (χ0n) is 12.9. The predicted octanol–water partition coefficient (Wildman–Crippen LogP) is 0.153. The zero-order chi connectivity index (χ0) is 16.0. The molecule has 0 aromatic heterocycles. The van der Waals surface area contributed by atoms with Gasteiger partial charge < -0.3 is 15.2 Å². The van der Waals surface area contributed by atoms with Gasteiger partial charge in [0.15, 0.2) is 10.7 Å². The number of carbonyl (C=O) groups excluding carboxylic acids is 1. The topological polar surface area (TPSA) is 95.9 Å². The van der Waals surface area contributed by atoms with Crippen LogP contribution in [0.15, 0.2) is 0 Å². The summed E-state index contributed by atoms with van der Waals surface area (Å²) in [5, 5.41) is 12.2. The third-order valence-electron chi connectivity index (χ3n) is 3.42. The molecule has 1 amide bonds. The molecule has 1 rings (SSSR count). The molecule has 1 aliphatic heterocycles. The van der Waals surface area contributed by atoms with E-state index in [0.717, 1.165) is 12.8 Å². The lowest BCUT2D eigenvalue weighted by atomic mass is 9.90. The molecule has 0 aromatic carbocycles. The van der Waals surface area contributed by atoms with Crippen molar-refractivity contribution in [3.8, 4) is 0 Å². The summed E-state index contributed by atoms with van der Waals surface area (Å²) in [6.45, 7) is 6.50. The molecule has 1 saturated heterocycles. The van der Waals surface area contributed by atoms with Gasteiger partial charge in [0.1, 0.15) is 5.60 Å². The Bertz CT molecular complexity index is 403. The maximum Gasteiger partial charge on any atom is 0.407 e. The Kier molecular flexibility index (Phi) is 6.89. The van der Waals surface area contributed by atoms with Crippen molar-refractivity contribution in [2.24, 2.45) is 5.92 Å². The number of hydrogen-bond acceptors (Lipinski definition) is 6. The van der Waals surface area contributed by atoms with Gasteiger partial charge in [0.2, 0.25) is 0 Å². The predicted molar refractivity (Wildman–Crippen MR) is 79.7 cm³/mol. The van der Waals surface area contributed by atoms with Gasteiger partial charge in [-0.05, 0) is 52.6 Å². The van der Waals surface area contributed by atoms with E-state index in [2.05, 4.69) is 5.32 Å². The second kappa shape index (κ2) is 7.95. The van der Waals surface area contributed by atoms with Gasteiger partial charge in [-0.2, -0.15) is 0 Å². The van der Waals surface area contributed by atoms with Crippen LogP contribution in [0.25, 0.3) is 0 Å². The highest BCUT2D eigenvalue weighted by Gasteiger charge is 2.28. The summed E-state index contributed by atoms with van der Waals surface area (Å²) in [4.78, 5) is 13.6. The van der Waals surface area contributed by atoms with Crippen LogP contribution < -0.4 is 5.32 Å². The number of piperidine rings is 1. The molecule has 21 heavy (non-hydrogen) atoms. The number of nitrogens with zero attached hydrogens (tertiary/aromatic N) is 1. The summed E-state index contributed by atoms with van der Waals surface area (Å²) in [7, 11) is -2.40. The van der Waals surface area contributed by atoms with Crippen LogP contribution in [0.2, 0.25) is 0 Å². The third kappa shape index (κ3) is 7.10. The van der Waals surface area contributed by atoms with E-state index in [4.69, 9.17) is 4.74 Å². The van der Waals surface area contributed by atoms with E-state index in [1.165, 1.54) is 0 Å². The van der Waals surface area contributed by atoms with Crippen molar-refractivity contribution in [2.45, 2.75) is 45.3 Å². The summed E-state index contributed by atoms with van der Waals surface area (Å²) in [5.41, 5.74) is -0.577. The van der Waals surface area contributed by atoms with Gasteiger partial charge in [-0.1, -0.05) is 0 Å². The van der Waals surface area contributed by atoms with Crippen LogP contribution in [0.4, 0.5) is 4.79 Å². The molecule has 0 aromatic rings. The maximum absolute atomic E-state index is 11.7. The highest BCUT2D eigenvalue weighted by Crippen LogP contribution is 2.21. The number of aliphatic hydroxyl groups is 1. The minimum Gasteiger partial charge on any atom is -0.444 e. The van der Waals surface area contributed by atoms with Crippen molar-refractivity contribution in [3.63, 3.8) is 0 Å². The SMILES string of the molecule is CC(C)(C)OC(=O)NC(CO)C1CCN(C[SH](=O)=O)CC1. The minimum atomic E-state index is -2.40. The quantitative estimate of drug-likeness (QED) is 0.624. The molecule has 8 heteroatoms. The summed E-state index contributed by atoms with van der Waals surface area (Å²) in [6.07, 6.45) is 0.945. The van der Waals surface area contributed by atoms with Crippen LogP contribution in [0, 0.1) is 5.92 Å². The molecule has 1 aliphatic rings. The molecule has 7 nitrogen and oxygen atoms in total. The number of likely N-dealkylation sites (tertiary alicyclic amines) is 1. The van der Waals surface area contributed by atoms with Crippen LogP contribution in [0.3, 0.4) is 0 Å². The average molecular weight is 322 g/mol. The molecule has 124 valence electrons. The molecule has 0 saturated carbocycles. The first-order chi connectivity index (χ1) is 9.71. The normalized spacial score (nSPS) is 19.5. The fraction of sp³-hybridized carbons (Fsp3) is 0.923.